The molecule has 2 saturated heterocycles. The van der Waals surface area contributed by atoms with Crippen LogP contribution in [0.4, 0.5) is 23.5 Å². The second-order valence-corrected chi connectivity index (χ2v) is 9.04. The fourth-order valence-electron chi connectivity index (χ4n) is 4.65. The number of pyridine rings is 1. The minimum absolute atomic E-state index is 0.0967. The van der Waals surface area contributed by atoms with Crippen LogP contribution in [0.2, 0.25) is 0 Å². The first-order chi connectivity index (χ1) is 17.6. The molecular weight excluding hydrogens is 460 g/mol. The van der Waals surface area contributed by atoms with Gasteiger partial charge in [0.15, 0.2) is 11.4 Å². The zero-order chi connectivity index (χ0) is 24.5. The van der Waals surface area contributed by atoms with Gasteiger partial charge in [-0.1, -0.05) is 0 Å². The van der Waals surface area contributed by atoms with Crippen molar-refractivity contribution in [3.05, 3.63) is 42.8 Å². The molecule has 0 aliphatic carbocycles. The van der Waals surface area contributed by atoms with E-state index in [0.717, 1.165) is 37.4 Å². The molecule has 4 aromatic rings. The lowest BCUT2D eigenvalue weighted by molar-refractivity contribution is -0.00570. The Morgan fingerprint density at radius 1 is 0.917 bits per heavy atom. The van der Waals surface area contributed by atoms with Crippen LogP contribution in [0.3, 0.4) is 0 Å². The van der Waals surface area contributed by atoms with E-state index in [9.17, 15) is 0 Å². The van der Waals surface area contributed by atoms with Crippen molar-refractivity contribution in [1.82, 2.24) is 24.9 Å². The molecule has 36 heavy (non-hydrogen) atoms. The molecule has 0 radical (unpaired) electrons. The summed E-state index contributed by atoms with van der Waals surface area (Å²) in [4.78, 5) is 28.0. The SMILES string of the molecule is CC1CN(c2nc(N3CCOCC3)c3ccc(Nc4nccc(-c5ccco5)n4)nc3n2)CC(C)O1. The van der Waals surface area contributed by atoms with Gasteiger partial charge in [-0.15, -0.1) is 0 Å². The summed E-state index contributed by atoms with van der Waals surface area (Å²) in [5.74, 6) is 3.23. The summed E-state index contributed by atoms with van der Waals surface area (Å²) in [6.07, 6.45) is 3.50. The predicted octanol–water partition coefficient (Wildman–Crippen LogP) is 3.27. The Hall–Kier alpha value is -3.83. The Morgan fingerprint density at radius 3 is 2.53 bits per heavy atom. The Bertz CT molecular complexity index is 1330. The van der Waals surface area contributed by atoms with Gasteiger partial charge in [0.05, 0.1) is 37.1 Å². The number of aromatic nitrogens is 5. The molecule has 186 valence electrons. The highest BCUT2D eigenvalue weighted by atomic mass is 16.5. The van der Waals surface area contributed by atoms with Gasteiger partial charge >= 0.3 is 0 Å². The molecule has 0 spiro atoms. The van der Waals surface area contributed by atoms with Crippen LogP contribution < -0.4 is 15.1 Å². The van der Waals surface area contributed by atoms with Crippen LogP contribution in [0, 0.1) is 0 Å². The van der Waals surface area contributed by atoms with Crippen LogP contribution in [-0.4, -0.2) is 76.5 Å². The first kappa shape index (κ1) is 22.6. The number of hydrogen-bond acceptors (Lipinski definition) is 11. The third-order valence-corrected chi connectivity index (χ3v) is 6.21. The second-order valence-electron chi connectivity index (χ2n) is 9.04. The summed E-state index contributed by atoms with van der Waals surface area (Å²) in [7, 11) is 0. The number of fused-ring (bicyclic) bond motifs is 1. The molecule has 2 fully saturated rings. The van der Waals surface area contributed by atoms with Crippen molar-refractivity contribution in [3.63, 3.8) is 0 Å². The molecule has 0 amide bonds. The Balaban J connectivity index is 1.36. The van der Waals surface area contributed by atoms with E-state index < -0.39 is 0 Å². The standard InChI is InChI=1S/C25H28N8O3/c1-16-14-33(15-17(2)36-16)25-30-22-18(23(31-25)32-9-12-34-13-10-32)5-6-21(28-22)29-24-26-8-7-19(27-24)20-4-3-11-35-20/h3-8,11,16-17H,9-10,12-15H2,1-2H3,(H,26,27,28,29,30,31). The maximum absolute atomic E-state index is 5.92. The minimum atomic E-state index is 0.0967. The summed E-state index contributed by atoms with van der Waals surface area (Å²) in [6, 6.07) is 9.39. The third-order valence-electron chi connectivity index (χ3n) is 6.21. The molecule has 2 unspecified atom stereocenters. The van der Waals surface area contributed by atoms with E-state index in [0.29, 0.717) is 48.0 Å². The molecule has 6 heterocycles. The van der Waals surface area contributed by atoms with E-state index in [4.69, 9.17) is 28.8 Å². The largest absolute Gasteiger partial charge is 0.463 e. The molecule has 0 bridgehead atoms. The first-order valence-corrected chi connectivity index (χ1v) is 12.2. The maximum atomic E-state index is 5.92. The summed E-state index contributed by atoms with van der Waals surface area (Å²) >= 11 is 0. The molecule has 2 aliphatic rings. The molecule has 11 nitrogen and oxygen atoms in total. The highest BCUT2D eigenvalue weighted by molar-refractivity contribution is 5.89. The van der Waals surface area contributed by atoms with Crippen LogP contribution in [0.25, 0.3) is 22.5 Å². The van der Waals surface area contributed by atoms with E-state index in [1.807, 2.05) is 24.3 Å². The summed E-state index contributed by atoms with van der Waals surface area (Å²) in [5, 5.41) is 4.10. The van der Waals surface area contributed by atoms with Crippen molar-refractivity contribution < 1.29 is 13.9 Å². The molecule has 0 saturated carbocycles. The highest BCUT2D eigenvalue weighted by Crippen LogP contribution is 2.29. The van der Waals surface area contributed by atoms with Crippen LogP contribution in [-0.2, 0) is 9.47 Å². The number of ether oxygens (including phenoxy) is 2. The van der Waals surface area contributed by atoms with Crippen molar-refractivity contribution in [2.75, 3.05) is 54.5 Å². The van der Waals surface area contributed by atoms with Crippen molar-refractivity contribution in [3.8, 4) is 11.5 Å². The average Bonchev–Trinajstić information content (AvgIpc) is 3.43. The molecule has 11 heteroatoms. The second kappa shape index (κ2) is 9.67. The number of nitrogens with zero attached hydrogens (tertiary/aromatic N) is 7. The number of hydrogen-bond donors (Lipinski definition) is 1. The van der Waals surface area contributed by atoms with E-state index in [1.165, 1.54) is 0 Å². The van der Waals surface area contributed by atoms with Gasteiger partial charge in [-0.05, 0) is 44.2 Å². The predicted molar refractivity (Wildman–Crippen MR) is 136 cm³/mol. The highest BCUT2D eigenvalue weighted by Gasteiger charge is 2.26. The zero-order valence-corrected chi connectivity index (χ0v) is 20.3. The monoisotopic (exact) mass is 488 g/mol. The molecule has 2 atom stereocenters. The van der Waals surface area contributed by atoms with Crippen molar-refractivity contribution in [2.24, 2.45) is 0 Å². The van der Waals surface area contributed by atoms with E-state index in [-0.39, 0.29) is 12.2 Å². The van der Waals surface area contributed by atoms with Gasteiger partial charge in [0.2, 0.25) is 11.9 Å². The van der Waals surface area contributed by atoms with Crippen molar-refractivity contribution in [2.45, 2.75) is 26.1 Å². The van der Waals surface area contributed by atoms with E-state index in [1.54, 1.807) is 18.5 Å². The van der Waals surface area contributed by atoms with Gasteiger partial charge in [0.25, 0.3) is 0 Å². The molecule has 4 aromatic heterocycles. The molecular formula is C25H28N8O3. The first-order valence-electron chi connectivity index (χ1n) is 12.2. The van der Waals surface area contributed by atoms with Crippen LogP contribution in [0.15, 0.2) is 47.2 Å². The topological polar surface area (TPSA) is 115 Å². The number of morpholine rings is 2. The van der Waals surface area contributed by atoms with E-state index in [2.05, 4.69) is 38.9 Å². The summed E-state index contributed by atoms with van der Waals surface area (Å²) < 4.78 is 17.0. The van der Waals surface area contributed by atoms with Gasteiger partial charge in [-0.25, -0.2) is 15.0 Å². The lowest BCUT2D eigenvalue weighted by Gasteiger charge is -2.36. The van der Waals surface area contributed by atoms with Crippen molar-refractivity contribution >= 4 is 34.6 Å². The minimum Gasteiger partial charge on any atom is -0.463 e. The fraction of sp³-hybridized carbons (Fsp3) is 0.400. The Morgan fingerprint density at radius 2 is 1.75 bits per heavy atom. The third kappa shape index (κ3) is 4.67. The Kier molecular flexibility index (Phi) is 6.08. The maximum Gasteiger partial charge on any atom is 0.229 e. The molecule has 6 rings (SSSR count). The van der Waals surface area contributed by atoms with Gasteiger partial charge in [0, 0.05) is 32.4 Å². The van der Waals surface area contributed by atoms with Crippen LogP contribution >= 0.6 is 0 Å². The van der Waals surface area contributed by atoms with Gasteiger partial charge in [-0.2, -0.15) is 9.97 Å². The lowest BCUT2D eigenvalue weighted by Crippen LogP contribution is -2.46. The normalized spacial score (nSPS) is 20.6. The van der Waals surface area contributed by atoms with Crippen molar-refractivity contribution in [1.29, 1.82) is 0 Å². The van der Waals surface area contributed by atoms with Crippen LogP contribution in [0.5, 0.6) is 0 Å². The van der Waals surface area contributed by atoms with Crippen LogP contribution in [0.1, 0.15) is 13.8 Å². The molecule has 2 aliphatic heterocycles. The molecule has 0 aromatic carbocycles. The molecule has 1 N–H and O–H groups in total. The van der Waals surface area contributed by atoms with Gasteiger partial charge in [-0.3, -0.25) is 0 Å². The summed E-state index contributed by atoms with van der Waals surface area (Å²) in [6.45, 7) is 8.48. The fourth-order valence-corrected chi connectivity index (χ4v) is 4.65. The van der Waals surface area contributed by atoms with Gasteiger partial charge < -0.3 is 29.0 Å². The Labute approximate surface area is 208 Å². The number of rotatable bonds is 5. The average molecular weight is 489 g/mol. The van der Waals surface area contributed by atoms with Gasteiger partial charge in [0.1, 0.15) is 17.3 Å². The smallest absolute Gasteiger partial charge is 0.229 e. The lowest BCUT2D eigenvalue weighted by atomic mass is 10.2. The number of furan rings is 1. The quantitative estimate of drug-likeness (QED) is 0.446. The summed E-state index contributed by atoms with van der Waals surface area (Å²) in [5.41, 5.74) is 1.30. The number of anilines is 4. The zero-order valence-electron chi connectivity index (χ0n) is 20.3. The number of nitrogens with one attached hydrogen (secondary N) is 1. The van der Waals surface area contributed by atoms with E-state index >= 15 is 0 Å².